The Hall–Kier alpha value is -1.60. The molecule has 0 aliphatic heterocycles. The van der Waals surface area contributed by atoms with Crippen molar-refractivity contribution in [3.63, 3.8) is 0 Å². The number of alkyl halides is 3. The molecule has 0 saturated carbocycles. The first-order valence-corrected chi connectivity index (χ1v) is 5.65. The summed E-state index contributed by atoms with van der Waals surface area (Å²) in [5.41, 5.74) is 0.689. The van der Waals surface area contributed by atoms with Crippen LogP contribution in [-0.2, 0) is 4.79 Å². The van der Waals surface area contributed by atoms with Crippen LogP contribution in [0.3, 0.4) is 0 Å². The van der Waals surface area contributed by atoms with Gasteiger partial charge in [-0.05, 0) is 5.56 Å². The number of benzene rings is 1. The van der Waals surface area contributed by atoms with Gasteiger partial charge in [-0.2, -0.15) is 13.2 Å². The van der Waals surface area contributed by atoms with Crippen molar-refractivity contribution >= 4 is 5.91 Å². The van der Waals surface area contributed by atoms with Gasteiger partial charge in [0.15, 0.2) is 0 Å². The van der Waals surface area contributed by atoms with Crippen LogP contribution in [0.15, 0.2) is 30.3 Å². The van der Waals surface area contributed by atoms with Crippen molar-refractivity contribution in [3.05, 3.63) is 35.9 Å². The van der Waals surface area contributed by atoms with Crippen LogP contribution in [0.2, 0.25) is 0 Å². The Morgan fingerprint density at radius 3 is 2.42 bits per heavy atom. The predicted octanol–water partition coefficient (Wildman–Crippen LogP) is 0.988. The summed E-state index contributed by atoms with van der Waals surface area (Å²) in [6.07, 6.45) is -4.35. The van der Waals surface area contributed by atoms with Gasteiger partial charge in [-0.1, -0.05) is 30.3 Å². The van der Waals surface area contributed by atoms with Gasteiger partial charge in [0.25, 0.3) is 0 Å². The fraction of sp³-hybridized carbons (Fsp3) is 0.417. The van der Waals surface area contributed by atoms with Gasteiger partial charge in [0.1, 0.15) is 0 Å². The molecule has 1 aromatic rings. The molecule has 0 aliphatic rings. The number of aliphatic hydroxyl groups is 1. The van der Waals surface area contributed by atoms with Crippen LogP contribution in [0, 0.1) is 0 Å². The smallest absolute Gasteiger partial charge is 0.394 e. The molecule has 0 aromatic heterocycles. The maximum absolute atomic E-state index is 11.9. The normalized spacial score (nSPS) is 13.1. The van der Waals surface area contributed by atoms with Crippen LogP contribution in [0.25, 0.3) is 0 Å². The van der Waals surface area contributed by atoms with Gasteiger partial charge < -0.3 is 15.7 Å². The molecule has 1 unspecified atom stereocenters. The van der Waals surface area contributed by atoms with Crippen LogP contribution >= 0.6 is 0 Å². The Labute approximate surface area is 108 Å². The number of amides is 1. The Morgan fingerprint density at radius 2 is 1.89 bits per heavy atom. The van der Waals surface area contributed by atoms with Crippen LogP contribution in [0.5, 0.6) is 0 Å². The second-order valence-electron chi connectivity index (χ2n) is 3.93. The van der Waals surface area contributed by atoms with Gasteiger partial charge in [0.2, 0.25) is 5.91 Å². The topological polar surface area (TPSA) is 61.4 Å². The van der Waals surface area contributed by atoms with E-state index >= 15 is 0 Å². The molecule has 0 bridgehead atoms. The summed E-state index contributed by atoms with van der Waals surface area (Å²) >= 11 is 0. The molecule has 1 atom stereocenters. The SMILES string of the molecule is O=C(CNCC(F)(F)F)NC(CO)c1ccccc1. The molecule has 0 spiro atoms. The summed E-state index contributed by atoms with van der Waals surface area (Å²) in [6.45, 7) is -2.01. The number of hydrogen-bond acceptors (Lipinski definition) is 3. The van der Waals surface area contributed by atoms with E-state index in [9.17, 15) is 18.0 Å². The fourth-order valence-electron chi connectivity index (χ4n) is 1.48. The molecule has 0 aliphatic carbocycles. The van der Waals surface area contributed by atoms with Gasteiger partial charge in [0.05, 0.1) is 25.7 Å². The van der Waals surface area contributed by atoms with E-state index in [0.29, 0.717) is 5.56 Å². The number of nitrogens with one attached hydrogen (secondary N) is 2. The third-order valence-corrected chi connectivity index (χ3v) is 2.33. The highest BCUT2D eigenvalue weighted by molar-refractivity contribution is 5.78. The molecular formula is C12H15F3N2O2. The first-order valence-electron chi connectivity index (χ1n) is 5.65. The molecule has 0 heterocycles. The lowest BCUT2D eigenvalue weighted by Crippen LogP contribution is -2.40. The Kier molecular flexibility index (Phi) is 5.78. The van der Waals surface area contributed by atoms with Crippen LogP contribution in [0.1, 0.15) is 11.6 Å². The lowest BCUT2D eigenvalue weighted by atomic mass is 10.1. The number of aliphatic hydroxyl groups excluding tert-OH is 1. The van der Waals surface area contributed by atoms with E-state index in [0.717, 1.165) is 0 Å². The molecule has 1 aromatic carbocycles. The van der Waals surface area contributed by atoms with Crippen LogP contribution in [0.4, 0.5) is 13.2 Å². The maximum Gasteiger partial charge on any atom is 0.401 e. The highest BCUT2D eigenvalue weighted by Gasteiger charge is 2.26. The quantitative estimate of drug-likeness (QED) is 0.726. The van der Waals surface area contributed by atoms with Crippen molar-refractivity contribution in [1.82, 2.24) is 10.6 Å². The van der Waals surface area contributed by atoms with E-state index in [4.69, 9.17) is 5.11 Å². The molecule has 4 nitrogen and oxygen atoms in total. The summed E-state index contributed by atoms with van der Waals surface area (Å²) in [6, 6.07) is 8.07. The van der Waals surface area contributed by atoms with Gasteiger partial charge >= 0.3 is 6.18 Å². The van der Waals surface area contributed by atoms with E-state index in [1.807, 2.05) is 5.32 Å². The monoisotopic (exact) mass is 276 g/mol. The Morgan fingerprint density at radius 1 is 1.26 bits per heavy atom. The van der Waals surface area contributed by atoms with E-state index < -0.39 is 31.2 Å². The summed E-state index contributed by atoms with van der Waals surface area (Å²) in [4.78, 5) is 11.4. The molecule has 7 heteroatoms. The molecule has 0 radical (unpaired) electrons. The summed E-state index contributed by atoms with van der Waals surface area (Å²) in [5.74, 6) is -0.604. The number of carbonyl (C=O) groups is 1. The van der Waals surface area contributed by atoms with E-state index in [1.165, 1.54) is 0 Å². The molecule has 19 heavy (non-hydrogen) atoms. The average molecular weight is 276 g/mol. The fourth-order valence-corrected chi connectivity index (χ4v) is 1.48. The minimum Gasteiger partial charge on any atom is -0.394 e. The minimum absolute atomic E-state index is 0.324. The van der Waals surface area contributed by atoms with E-state index in [2.05, 4.69) is 5.32 Å². The zero-order valence-corrected chi connectivity index (χ0v) is 10.1. The maximum atomic E-state index is 11.9. The van der Waals surface area contributed by atoms with E-state index in [1.54, 1.807) is 30.3 Å². The average Bonchev–Trinajstić information content (AvgIpc) is 2.35. The van der Waals surface area contributed by atoms with Crippen molar-refractivity contribution in [2.24, 2.45) is 0 Å². The number of hydrogen-bond donors (Lipinski definition) is 3. The Balaban J connectivity index is 2.42. The largest absolute Gasteiger partial charge is 0.401 e. The van der Waals surface area contributed by atoms with E-state index in [-0.39, 0.29) is 6.61 Å². The van der Waals surface area contributed by atoms with Crippen molar-refractivity contribution in [2.75, 3.05) is 19.7 Å². The highest BCUT2D eigenvalue weighted by atomic mass is 19.4. The van der Waals surface area contributed by atoms with Crippen molar-refractivity contribution in [2.45, 2.75) is 12.2 Å². The minimum atomic E-state index is -4.35. The number of rotatable bonds is 6. The molecular weight excluding hydrogens is 261 g/mol. The summed E-state index contributed by atoms with van der Waals surface area (Å²) < 4.78 is 35.6. The standard InChI is InChI=1S/C12H15F3N2O2/c13-12(14,15)8-16-6-11(19)17-10(7-18)9-4-2-1-3-5-9/h1-5,10,16,18H,6-8H2,(H,17,19). The zero-order chi connectivity index (χ0) is 14.3. The van der Waals surface area contributed by atoms with Gasteiger partial charge in [-0.15, -0.1) is 0 Å². The highest BCUT2D eigenvalue weighted by Crippen LogP contribution is 2.12. The van der Waals surface area contributed by atoms with Gasteiger partial charge in [-0.25, -0.2) is 0 Å². The first-order chi connectivity index (χ1) is 8.92. The van der Waals surface area contributed by atoms with Gasteiger partial charge in [0, 0.05) is 0 Å². The zero-order valence-electron chi connectivity index (χ0n) is 10.1. The third kappa shape index (κ3) is 6.21. The lowest BCUT2D eigenvalue weighted by Gasteiger charge is -2.17. The summed E-state index contributed by atoms with van der Waals surface area (Å²) in [5, 5.41) is 13.6. The molecule has 3 N–H and O–H groups in total. The predicted molar refractivity (Wildman–Crippen MR) is 63.3 cm³/mol. The second kappa shape index (κ2) is 7.10. The molecule has 106 valence electrons. The Bertz CT molecular complexity index is 396. The summed E-state index contributed by atoms with van der Waals surface area (Å²) in [7, 11) is 0. The third-order valence-electron chi connectivity index (χ3n) is 2.33. The first kappa shape index (κ1) is 15.5. The molecule has 1 amide bonds. The number of carbonyl (C=O) groups excluding carboxylic acids is 1. The molecule has 1 rings (SSSR count). The van der Waals surface area contributed by atoms with Crippen molar-refractivity contribution in [1.29, 1.82) is 0 Å². The van der Waals surface area contributed by atoms with Crippen LogP contribution in [-0.4, -0.2) is 36.9 Å². The van der Waals surface area contributed by atoms with Gasteiger partial charge in [-0.3, -0.25) is 4.79 Å². The van der Waals surface area contributed by atoms with Crippen molar-refractivity contribution < 1.29 is 23.1 Å². The molecule has 0 saturated heterocycles. The van der Waals surface area contributed by atoms with Crippen LogP contribution < -0.4 is 10.6 Å². The lowest BCUT2D eigenvalue weighted by molar-refractivity contribution is -0.128. The number of halogens is 3. The van der Waals surface area contributed by atoms with Crippen molar-refractivity contribution in [3.8, 4) is 0 Å². The molecule has 0 fully saturated rings. The second-order valence-corrected chi connectivity index (χ2v) is 3.93.